The summed E-state index contributed by atoms with van der Waals surface area (Å²) in [6.07, 6.45) is 5.49. The number of allylic oxidation sites excluding steroid dienone is 1. The van der Waals surface area contributed by atoms with Gasteiger partial charge in [0, 0.05) is 6.54 Å². The van der Waals surface area contributed by atoms with E-state index in [4.69, 9.17) is 10.8 Å². The number of aromatic nitrogens is 4. The number of imidazole rings is 1. The van der Waals surface area contributed by atoms with Crippen molar-refractivity contribution in [1.82, 2.24) is 19.5 Å². The molecule has 8 heteroatoms. The lowest BCUT2D eigenvalue weighted by molar-refractivity contribution is -0.138. The van der Waals surface area contributed by atoms with Crippen molar-refractivity contribution in [3.05, 3.63) is 29.8 Å². The van der Waals surface area contributed by atoms with Crippen molar-refractivity contribution in [2.45, 2.75) is 32.9 Å². The maximum Gasteiger partial charge on any atom is 0.320 e. The molecule has 2 heterocycles. The van der Waals surface area contributed by atoms with E-state index in [1.807, 2.05) is 19.9 Å². The molecule has 0 aliphatic carbocycles. The molecule has 118 valence electrons. The number of fused-ring (bicyclic) bond motifs is 1. The van der Waals surface area contributed by atoms with E-state index in [0.717, 1.165) is 5.52 Å². The van der Waals surface area contributed by atoms with E-state index < -0.39 is 12.0 Å². The zero-order valence-corrected chi connectivity index (χ0v) is 12.7. The molecule has 0 amide bonds. The Morgan fingerprint density at radius 1 is 1.55 bits per heavy atom. The van der Waals surface area contributed by atoms with Crippen LogP contribution < -0.4 is 11.2 Å². The Bertz CT molecular complexity index is 754. The molecule has 0 fully saturated rings. The molecular formula is C14H20N6O2. The van der Waals surface area contributed by atoms with Gasteiger partial charge in [-0.1, -0.05) is 11.6 Å². The monoisotopic (exact) mass is 304 g/mol. The summed E-state index contributed by atoms with van der Waals surface area (Å²) in [6, 6.07) is -0.900. The number of carbonyl (C=O) groups is 1. The number of nitrogens with two attached hydrogens (primary N) is 1. The van der Waals surface area contributed by atoms with E-state index in [1.54, 1.807) is 17.2 Å². The molecule has 0 radical (unpaired) electrons. The van der Waals surface area contributed by atoms with E-state index >= 15 is 0 Å². The SMILES string of the molecule is CC(C)=CCN=c1ncn(CC[C@H](N)C(=O)O)c2nc[nH]c12. The van der Waals surface area contributed by atoms with Gasteiger partial charge in [-0.3, -0.25) is 9.79 Å². The fraction of sp³-hybridized carbons (Fsp3) is 0.429. The van der Waals surface area contributed by atoms with Crippen molar-refractivity contribution in [2.75, 3.05) is 6.54 Å². The second kappa shape index (κ2) is 6.99. The first-order valence-corrected chi connectivity index (χ1v) is 7.00. The van der Waals surface area contributed by atoms with Crippen molar-refractivity contribution in [3.8, 4) is 0 Å². The van der Waals surface area contributed by atoms with Crippen molar-refractivity contribution in [3.63, 3.8) is 0 Å². The van der Waals surface area contributed by atoms with Crippen LogP contribution in [0.1, 0.15) is 20.3 Å². The topological polar surface area (TPSA) is 122 Å². The highest BCUT2D eigenvalue weighted by Crippen LogP contribution is 2.05. The Labute approximate surface area is 127 Å². The quantitative estimate of drug-likeness (QED) is 0.668. The predicted molar refractivity (Wildman–Crippen MR) is 82.0 cm³/mol. The van der Waals surface area contributed by atoms with Gasteiger partial charge in [-0.05, 0) is 20.3 Å². The van der Waals surface area contributed by atoms with Crippen LogP contribution in [-0.2, 0) is 11.3 Å². The maximum absolute atomic E-state index is 10.8. The van der Waals surface area contributed by atoms with Crippen LogP contribution in [-0.4, -0.2) is 43.2 Å². The molecule has 0 aliphatic rings. The normalized spacial score (nSPS) is 13.3. The highest BCUT2D eigenvalue weighted by molar-refractivity contribution is 5.73. The Hall–Kier alpha value is -2.48. The number of carboxylic acid groups (broad SMARTS) is 1. The van der Waals surface area contributed by atoms with Crippen molar-refractivity contribution < 1.29 is 9.90 Å². The second-order valence-corrected chi connectivity index (χ2v) is 5.22. The van der Waals surface area contributed by atoms with Crippen LogP contribution in [0.2, 0.25) is 0 Å². The standard InChI is InChI=1S/C14H20N6O2/c1-9(2)3-5-16-12-11-13(18-7-17-11)20(8-19-12)6-4-10(15)14(21)22/h3,7-8,10H,4-6,15H2,1-2H3,(H,17,18)(H,21,22)/t10-/m0/s1. The van der Waals surface area contributed by atoms with Crippen LogP contribution >= 0.6 is 0 Å². The summed E-state index contributed by atoms with van der Waals surface area (Å²) >= 11 is 0. The molecule has 22 heavy (non-hydrogen) atoms. The molecular weight excluding hydrogens is 284 g/mol. The minimum atomic E-state index is -1.01. The molecule has 0 unspecified atom stereocenters. The van der Waals surface area contributed by atoms with Crippen LogP contribution in [0.4, 0.5) is 0 Å². The lowest BCUT2D eigenvalue weighted by Crippen LogP contribution is -2.31. The number of nitrogens with one attached hydrogen (secondary N) is 1. The summed E-state index contributed by atoms with van der Waals surface area (Å²) in [6.45, 7) is 5.01. The van der Waals surface area contributed by atoms with Gasteiger partial charge in [0.05, 0.1) is 19.2 Å². The van der Waals surface area contributed by atoms with Crippen LogP contribution in [0.25, 0.3) is 11.2 Å². The molecule has 0 aromatic carbocycles. The van der Waals surface area contributed by atoms with Crippen LogP contribution in [0, 0.1) is 0 Å². The van der Waals surface area contributed by atoms with Crippen molar-refractivity contribution in [2.24, 2.45) is 10.7 Å². The molecule has 1 atom stereocenters. The number of rotatable bonds is 6. The van der Waals surface area contributed by atoms with Gasteiger partial charge in [0.2, 0.25) is 0 Å². The molecule has 0 bridgehead atoms. The summed E-state index contributed by atoms with van der Waals surface area (Å²) in [5, 5.41) is 8.83. The Balaban J connectivity index is 2.27. The molecule has 0 saturated carbocycles. The number of H-pyrrole nitrogens is 1. The number of aryl methyl sites for hydroxylation is 1. The molecule has 4 N–H and O–H groups in total. The van der Waals surface area contributed by atoms with E-state index in [9.17, 15) is 4.79 Å². The number of aromatic amines is 1. The van der Waals surface area contributed by atoms with Gasteiger partial charge in [0.15, 0.2) is 11.1 Å². The zero-order valence-electron chi connectivity index (χ0n) is 12.7. The van der Waals surface area contributed by atoms with Gasteiger partial charge >= 0.3 is 5.97 Å². The molecule has 2 aromatic heterocycles. The summed E-state index contributed by atoms with van der Waals surface area (Å²) in [5.74, 6) is -1.01. The summed E-state index contributed by atoms with van der Waals surface area (Å²) < 4.78 is 1.77. The van der Waals surface area contributed by atoms with Crippen LogP contribution in [0.15, 0.2) is 29.3 Å². The number of hydrogen-bond acceptors (Lipinski definition) is 5. The van der Waals surface area contributed by atoms with E-state index in [1.165, 1.54) is 5.57 Å². The van der Waals surface area contributed by atoms with E-state index in [2.05, 4.69) is 19.9 Å². The van der Waals surface area contributed by atoms with Gasteiger partial charge < -0.3 is 20.4 Å². The highest BCUT2D eigenvalue weighted by atomic mass is 16.4. The lowest BCUT2D eigenvalue weighted by atomic mass is 10.2. The molecule has 0 spiro atoms. The van der Waals surface area contributed by atoms with Gasteiger partial charge in [0.1, 0.15) is 11.6 Å². The smallest absolute Gasteiger partial charge is 0.320 e. The molecule has 2 rings (SSSR count). The number of nitrogens with zero attached hydrogens (tertiary/aromatic N) is 4. The number of aliphatic carboxylic acids is 1. The van der Waals surface area contributed by atoms with Gasteiger partial charge in [0.25, 0.3) is 0 Å². The number of carboxylic acids is 1. The first kappa shape index (κ1) is 15.9. The van der Waals surface area contributed by atoms with Gasteiger partial charge in [-0.15, -0.1) is 0 Å². The molecule has 0 aliphatic heterocycles. The van der Waals surface area contributed by atoms with Gasteiger partial charge in [-0.25, -0.2) is 9.97 Å². The van der Waals surface area contributed by atoms with Crippen molar-refractivity contribution in [1.29, 1.82) is 0 Å². The highest BCUT2D eigenvalue weighted by Gasteiger charge is 2.12. The average Bonchev–Trinajstić information content (AvgIpc) is 2.95. The fourth-order valence-corrected chi connectivity index (χ4v) is 1.91. The third-order valence-corrected chi connectivity index (χ3v) is 3.17. The average molecular weight is 304 g/mol. The van der Waals surface area contributed by atoms with Gasteiger partial charge in [-0.2, -0.15) is 0 Å². The molecule has 2 aromatic rings. The number of hydrogen-bond donors (Lipinski definition) is 3. The molecule has 0 saturated heterocycles. The van der Waals surface area contributed by atoms with Crippen LogP contribution in [0.5, 0.6) is 0 Å². The van der Waals surface area contributed by atoms with Crippen LogP contribution in [0.3, 0.4) is 0 Å². The third-order valence-electron chi connectivity index (χ3n) is 3.17. The predicted octanol–water partition coefficient (Wildman–Crippen LogP) is 0.428. The van der Waals surface area contributed by atoms with Crippen molar-refractivity contribution >= 4 is 17.1 Å². The lowest BCUT2D eigenvalue weighted by Gasteiger charge is -2.09. The largest absolute Gasteiger partial charge is 0.480 e. The zero-order chi connectivity index (χ0) is 16.1. The van der Waals surface area contributed by atoms with E-state index in [0.29, 0.717) is 30.6 Å². The summed E-state index contributed by atoms with van der Waals surface area (Å²) in [5.41, 5.74) is 8.71. The Morgan fingerprint density at radius 2 is 2.32 bits per heavy atom. The summed E-state index contributed by atoms with van der Waals surface area (Å²) in [4.78, 5) is 26.8. The third kappa shape index (κ3) is 3.79. The first-order valence-electron chi connectivity index (χ1n) is 7.00. The Kier molecular flexibility index (Phi) is 5.05. The fourth-order valence-electron chi connectivity index (χ4n) is 1.91. The minimum absolute atomic E-state index is 0.303. The first-order chi connectivity index (χ1) is 10.5. The minimum Gasteiger partial charge on any atom is -0.480 e. The van der Waals surface area contributed by atoms with E-state index in [-0.39, 0.29) is 0 Å². The molecule has 8 nitrogen and oxygen atoms in total. The summed E-state index contributed by atoms with van der Waals surface area (Å²) in [7, 11) is 0. The Morgan fingerprint density at radius 3 is 3.00 bits per heavy atom. The maximum atomic E-state index is 10.8. The second-order valence-electron chi connectivity index (χ2n) is 5.22.